The molecule has 1 aliphatic heterocycles. The van der Waals surface area contributed by atoms with Gasteiger partial charge in [-0.1, -0.05) is 6.92 Å². The number of rotatable bonds is 10. The summed E-state index contributed by atoms with van der Waals surface area (Å²) in [5.74, 6) is 1.77. The Kier molecular flexibility index (Phi) is 15.3. The molecule has 0 aliphatic carbocycles. The molecule has 1 heterocycles. The van der Waals surface area contributed by atoms with Crippen LogP contribution >= 0.6 is 24.0 Å². The van der Waals surface area contributed by atoms with Gasteiger partial charge in [-0.05, 0) is 38.3 Å². The molecule has 0 atom stereocenters. The Balaban J connectivity index is 0.00000484. The highest BCUT2D eigenvalue weighted by Gasteiger charge is 2.14. The Hall–Kier alpha value is -0.120. The lowest BCUT2D eigenvalue weighted by Crippen LogP contribution is -2.43. The lowest BCUT2D eigenvalue weighted by atomic mass is 9.99. The van der Waals surface area contributed by atoms with Gasteiger partial charge in [-0.2, -0.15) is 0 Å². The summed E-state index contributed by atoms with van der Waals surface area (Å²) in [6, 6.07) is 0. The van der Waals surface area contributed by atoms with E-state index >= 15 is 0 Å². The smallest absolute Gasteiger partial charge is 0.191 e. The molecule has 2 N–H and O–H groups in total. The lowest BCUT2D eigenvalue weighted by molar-refractivity contribution is 0.0698. The average molecular weight is 442 g/mol. The Bertz CT molecular complexity index is 298. The summed E-state index contributed by atoms with van der Waals surface area (Å²) in [6.07, 6.45) is 3.63. The van der Waals surface area contributed by atoms with Crippen LogP contribution in [-0.4, -0.2) is 77.6 Å². The van der Waals surface area contributed by atoms with Crippen LogP contribution in [0, 0.1) is 5.92 Å². The molecular weight excluding hydrogens is 407 g/mol. The molecule has 1 rings (SSSR count). The number of piperidine rings is 1. The molecular formula is C16H35IN4O2. The second-order valence-electron chi connectivity index (χ2n) is 5.91. The standard InChI is InChI=1S/C16H34N4O2.HI/c1-15-5-9-20(10-6-15)11-8-19-16(17-2)18-7-4-12-22-14-13-21-3;/h15H,4-14H2,1-3H3,(H2,17,18,19);1H. The molecule has 0 aromatic heterocycles. The van der Waals surface area contributed by atoms with E-state index in [0.717, 1.165) is 44.5 Å². The van der Waals surface area contributed by atoms with Crippen LogP contribution in [0.5, 0.6) is 0 Å². The van der Waals surface area contributed by atoms with Crippen LogP contribution in [0.15, 0.2) is 4.99 Å². The van der Waals surface area contributed by atoms with Crippen molar-refractivity contribution < 1.29 is 9.47 Å². The van der Waals surface area contributed by atoms with Crippen molar-refractivity contribution in [1.29, 1.82) is 0 Å². The second-order valence-corrected chi connectivity index (χ2v) is 5.91. The molecule has 7 heteroatoms. The number of hydrogen-bond acceptors (Lipinski definition) is 4. The SMILES string of the molecule is CN=C(NCCCOCCOC)NCCN1CCC(C)CC1.I. The fourth-order valence-electron chi connectivity index (χ4n) is 2.46. The average Bonchev–Trinajstić information content (AvgIpc) is 2.54. The van der Waals surface area contributed by atoms with Crippen molar-refractivity contribution in [2.45, 2.75) is 26.2 Å². The summed E-state index contributed by atoms with van der Waals surface area (Å²) >= 11 is 0. The molecule has 0 saturated carbocycles. The molecule has 0 spiro atoms. The second kappa shape index (κ2) is 15.4. The maximum atomic E-state index is 5.43. The third-order valence-corrected chi connectivity index (χ3v) is 4.01. The molecule has 0 aromatic carbocycles. The number of methoxy groups -OCH3 is 1. The molecule has 1 fully saturated rings. The van der Waals surface area contributed by atoms with Gasteiger partial charge in [0.25, 0.3) is 0 Å². The third-order valence-electron chi connectivity index (χ3n) is 4.01. The first-order valence-corrected chi connectivity index (χ1v) is 8.49. The number of likely N-dealkylation sites (tertiary alicyclic amines) is 1. The largest absolute Gasteiger partial charge is 0.382 e. The Morgan fingerprint density at radius 3 is 2.48 bits per heavy atom. The fourth-order valence-corrected chi connectivity index (χ4v) is 2.46. The predicted octanol–water partition coefficient (Wildman–Crippen LogP) is 1.55. The predicted molar refractivity (Wildman–Crippen MR) is 107 cm³/mol. The van der Waals surface area contributed by atoms with Gasteiger partial charge >= 0.3 is 0 Å². The molecule has 1 saturated heterocycles. The van der Waals surface area contributed by atoms with E-state index in [9.17, 15) is 0 Å². The number of ether oxygens (including phenoxy) is 2. The van der Waals surface area contributed by atoms with Crippen molar-refractivity contribution in [2.75, 3.05) is 66.7 Å². The van der Waals surface area contributed by atoms with E-state index in [4.69, 9.17) is 9.47 Å². The number of hydrogen-bond donors (Lipinski definition) is 2. The van der Waals surface area contributed by atoms with Gasteiger partial charge in [0.1, 0.15) is 0 Å². The fraction of sp³-hybridized carbons (Fsp3) is 0.938. The minimum atomic E-state index is 0. The summed E-state index contributed by atoms with van der Waals surface area (Å²) in [7, 11) is 3.50. The highest BCUT2D eigenvalue weighted by molar-refractivity contribution is 14.0. The Morgan fingerprint density at radius 1 is 1.13 bits per heavy atom. The molecule has 138 valence electrons. The molecule has 1 aliphatic rings. The maximum absolute atomic E-state index is 5.43. The zero-order chi connectivity index (χ0) is 16.0. The van der Waals surface area contributed by atoms with Gasteiger partial charge in [-0.25, -0.2) is 0 Å². The summed E-state index contributed by atoms with van der Waals surface area (Å²) in [5, 5.41) is 6.69. The van der Waals surface area contributed by atoms with Crippen molar-refractivity contribution in [3.05, 3.63) is 0 Å². The highest BCUT2D eigenvalue weighted by Crippen LogP contribution is 2.14. The van der Waals surface area contributed by atoms with E-state index in [1.54, 1.807) is 7.11 Å². The van der Waals surface area contributed by atoms with Crippen LogP contribution in [0.4, 0.5) is 0 Å². The van der Waals surface area contributed by atoms with Gasteiger partial charge in [0.2, 0.25) is 0 Å². The highest BCUT2D eigenvalue weighted by atomic mass is 127. The number of nitrogens with one attached hydrogen (secondary N) is 2. The topological polar surface area (TPSA) is 58.1 Å². The first-order valence-electron chi connectivity index (χ1n) is 8.49. The summed E-state index contributed by atoms with van der Waals surface area (Å²) in [6.45, 7) is 9.78. The van der Waals surface area contributed by atoms with Crippen LogP contribution in [-0.2, 0) is 9.47 Å². The molecule has 0 bridgehead atoms. The van der Waals surface area contributed by atoms with Gasteiger partial charge in [-0.3, -0.25) is 4.99 Å². The summed E-state index contributed by atoms with van der Waals surface area (Å²) in [5.41, 5.74) is 0. The number of nitrogens with zero attached hydrogens (tertiary/aromatic N) is 2. The van der Waals surface area contributed by atoms with E-state index in [1.807, 2.05) is 7.05 Å². The van der Waals surface area contributed by atoms with Gasteiger partial charge < -0.3 is 25.0 Å². The Labute approximate surface area is 158 Å². The molecule has 0 radical (unpaired) electrons. The summed E-state index contributed by atoms with van der Waals surface area (Å²) in [4.78, 5) is 6.78. The van der Waals surface area contributed by atoms with E-state index in [0.29, 0.717) is 13.2 Å². The van der Waals surface area contributed by atoms with E-state index in [2.05, 4.69) is 27.4 Å². The first-order chi connectivity index (χ1) is 10.8. The van der Waals surface area contributed by atoms with Crippen LogP contribution in [0.25, 0.3) is 0 Å². The van der Waals surface area contributed by atoms with E-state index in [1.165, 1.54) is 25.9 Å². The van der Waals surface area contributed by atoms with Crippen molar-refractivity contribution in [1.82, 2.24) is 15.5 Å². The minimum absolute atomic E-state index is 0. The van der Waals surface area contributed by atoms with Crippen LogP contribution < -0.4 is 10.6 Å². The molecule has 0 unspecified atom stereocenters. The van der Waals surface area contributed by atoms with E-state index in [-0.39, 0.29) is 24.0 Å². The Morgan fingerprint density at radius 2 is 1.83 bits per heavy atom. The zero-order valence-electron chi connectivity index (χ0n) is 15.0. The number of guanidine groups is 1. The van der Waals surface area contributed by atoms with Crippen molar-refractivity contribution in [3.63, 3.8) is 0 Å². The number of halogens is 1. The molecule has 0 amide bonds. The van der Waals surface area contributed by atoms with Gasteiger partial charge in [0.05, 0.1) is 13.2 Å². The van der Waals surface area contributed by atoms with E-state index < -0.39 is 0 Å². The maximum Gasteiger partial charge on any atom is 0.191 e. The van der Waals surface area contributed by atoms with Crippen molar-refractivity contribution in [3.8, 4) is 0 Å². The molecule has 6 nitrogen and oxygen atoms in total. The quantitative estimate of drug-likeness (QED) is 0.233. The number of aliphatic imine (C=N–C) groups is 1. The molecule has 0 aromatic rings. The molecule has 23 heavy (non-hydrogen) atoms. The normalized spacial score (nSPS) is 16.9. The summed E-state index contributed by atoms with van der Waals surface area (Å²) < 4.78 is 10.4. The van der Waals surface area contributed by atoms with Crippen molar-refractivity contribution in [2.24, 2.45) is 10.9 Å². The van der Waals surface area contributed by atoms with Crippen molar-refractivity contribution >= 4 is 29.9 Å². The van der Waals surface area contributed by atoms with Crippen LogP contribution in [0.1, 0.15) is 26.2 Å². The third kappa shape index (κ3) is 12.0. The minimum Gasteiger partial charge on any atom is -0.382 e. The van der Waals surface area contributed by atoms with Crippen LogP contribution in [0.3, 0.4) is 0 Å². The van der Waals surface area contributed by atoms with Gasteiger partial charge in [0, 0.05) is 40.4 Å². The van der Waals surface area contributed by atoms with Gasteiger partial charge in [0.15, 0.2) is 5.96 Å². The monoisotopic (exact) mass is 442 g/mol. The first kappa shape index (κ1) is 22.9. The van der Waals surface area contributed by atoms with Gasteiger partial charge in [-0.15, -0.1) is 24.0 Å². The zero-order valence-corrected chi connectivity index (χ0v) is 17.3. The van der Waals surface area contributed by atoms with Crippen LogP contribution in [0.2, 0.25) is 0 Å². The lowest BCUT2D eigenvalue weighted by Gasteiger charge is -2.30.